The predicted octanol–water partition coefficient (Wildman–Crippen LogP) is 3.79. The van der Waals surface area contributed by atoms with Crippen molar-refractivity contribution in [2.45, 2.75) is 57.8 Å². The number of furan rings is 1. The summed E-state index contributed by atoms with van der Waals surface area (Å²) in [5, 5.41) is 7.70. The van der Waals surface area contributed by atoms with Gasteiger partial charge in [0.2, 0.25) is 0 Å². The number of guanidine groups is 1. The van der Waals surface area contributed by atoms with Crippen molar-refractivity contribution in [3.05, 3.63) is 35.3 Å². The third-order valence-corrected chi connectivity index (χ3v) is 5.62. The Bertz CT molecular complexity index is 833. The van der Waals surface area contributed by atoms with Crippen molar-refractivity contribution in [3.63, 3.8) is 0 Å². The van der Waals surface area contributed by atoms with Crippen molar-refractivity contribution >= 4 is 40.9 Å². The Morgan fingerprint density at radius 1 is 1.37 bits per heavy atom. The van der Waals surface area contributed by atoms with Crippen LogP contribution in [-0.2, 0) is 6.54 Å². The predicted molar refractivity (Wildman–Crippen MR) is 117 cm³/mol. The van der Waals surface area contributed by atoms with E-state index in [1.807, 2.05) is 6.92 Å². The minimum Gasteiger partial charge on any atom is -0.459 e. The van der Waals surface area contributed by atoms with Gasteiger partial charge in [-0.3, -0.25) is 9.89 Å². The zero-order chi connectivity index (χ0) is 18.3. The molecule has 1 saturated carbocycles. The van der Waals surface area contributed by atoms with Crippen LogP contribution in [0.25, 0.3) is 11.0 Å². The van der Waals surface area contributed by atoms with Crippen LogP contribution in [0.3, 0.4) is 0 Å². The molecule has 0 radical (unpaired) electrons. The van der Waals surface area contributed by atoms with E-state index in [9.17, 15) is 4.39 Å². The molecule has 1 aromatic heterocycles. The molecule has 2 N–H and O–H groups in total. The van der Waals surface area contributed by atoms with Crippen LogP contribution in [0.4, 0.5) is 4.39 Å². The number of benzene rings is 1. The smallest absolute Gasteiger partial charge is 0.191 e. The van der Waals surface area contributed by atoms with Gasteiger partial charge in [0.05, 0.1) is 6.54 Å². The summed E-state index contributed by atoms with van der Waals surface area (Å²) in [6.07, 6.45) is 3.83. The Labute approximate surface area is 176 Å². The fourth-order valence-electron chi connectivity index (χ4n) is 4.04. The van der Waals surface area contributed by atoms with Crippen molar-refractivity contribution < 1.29 is 8.81 Å². The first-order valence-electron chi connectivity index (χ1n) is 9.45. The first-order valence-corrected chi connectivity index (χ1v) is 9.45. The molecule has 2 aromatic rings. The maximum atomic E-state index is 13.5. The fraction of sp³-hybridized carbons (Fsp3) is 0.550. The number of nitrogens with zero attached hydrogens (tertiary/aromatic N) is 2. The molecule has 0 spiro atoms. The number of aliphatic imine (C=N–C) groups is 1. The molecule has 1 aliphatic carbocycles. The lowest BCUT2D eigenvalue weighted by atomic mass is 10.1. The van der Waals surface area contributed by atoms with Crippen molar-refractivity contribution in [1.29, 1.82) is 0 Å². The Hall–Kier alpha value is -1.35. The highest BCUT2D eigenvalue weighted by Crippen LogP contribution is 2.33. The van der Waals surface area contributed by atoms with E-state index in [1.165, 1.54) is 25.0 Å². The molecule has 4 rings (SSSR count). The van der Waals surface area contributed by atoms with Gasteiger partial charge in [-0.15, -0.1) is 24.0 Å². The molecule has 27 heavy (non-hydrogen) atoms. The number of hydrogen-bond donors (Lipinski definition) is 2. The minimum atomic E-state index is -0.242. The van der Waals surface area contributed by atoms with Crippen LogP contribution in [0.1, 0.15) is 37.5 Å². The molecule has 0 bridgehead atoms. The maximum Gasteiger partial charge on any atom is 0.191 e. The van der Waals surface area contributed by atoms with Crippen molar-refractivity contribution in [2.24, 2.45) is 4.99 Å². The van der Waals surface area contributed by atoms with E-state index in [0.29, 0.717) is 24.2 Å². The van der Waals surface area contributed by atoms with Gasteiger partial charge in [0, 0.05) is 42.7 Å². The molecule has 2 heterocycles. The van der Waals surface area contributed by atoms with Gasteiger partial charge < -0.3 is 15.1 Å². The normalized spacial score (nSPS) is 23.5. The molecule has 1 aromatic carbocycles. The van der Waals surface area contributed by atoms with Gasteiger partial charge in [-0.1, -0.05) is 0 Å². The summed E-state index contributed by atoms with van der Waals surface area (Å²) in [7, 11) is 1.78. The summed E-state index contributed by atoms with van der Waals surface area (Å²) >= 11 is 0. The summed E-state index contributed by atoms with van der Waals surface area (Å²) in [6.45, 7) is 5.88. The molecular formula is C20H28FIN4O. The lowest BCUT2D eigenvalue weighted by Gasteiger charge is -2.20. The zero-order valence-electron chi connectivity index (χ0n) is 16.1. The molecule has 5 nitrogen and oxygen atoms in total. The van der Waals surface area contributed by atoms with Gasteiger partial charge in [0.1, 0.15) is 17.2 Å². The monoisotopic (exact) mass is 486 g/mol. The van der Waals surface area contributed by atoms with Crippen LogP contribution in [0.2, 0.25) is 0 Å². The van der Waals surface area contributed by atoms with E-state index in [2.05, 4.69) is 27.4 Å². The molecular weight excluding hydrogens is 458 g/mol. The van der Waals surface area contributed by atoms with Gasteiger partial charge in [-0.2, -0.15) is 0 Å². The number of nitrogens with one attached hydrogen (secondary N) is 2. The fourth-order valence-corrected chi connectivity index (χ4v) is 4.04. The average molecular weight is 486 g/mol. The third kappa shape index (κ3) is 4.39. The number of rotatable bonds is 4. The van der Waals surface area contributed by atoms with Crippen molar-refractivity contribution in [2.75, 3.05) is 13.6 Å². The van der Waals surface area contributed by atoms with E-state index in [4.69, 9.17) is 4.42 Å². The molecule has 1 saturated heterocycles. The van der Waals surface area contributed by atoms with Gasteiger partial charge in [0.25, 0.3) is 0 Å². The molecule has 2 aliphatic rings. The second-order valence-corrected chi connectivity index (χ2v) is 7.57. The Kier molecular flexibility index (Phi) is 6.30. The largest absolute Gasteiger partial charge is 0.459 e. The molecule has 148 valence electrons. The zero-order valence-corrected chi connectivity index (χ0v) is 18.4. The molecule has 2 fully saturated rings. The van der Waals surface area contributed by atoms with Gasteiger partial charge in [-0.25, -0.2) is 4.39 Å². The minimum absolute atomic E-state index is 0. The standard InChI is InChI=1S/C20H27FN4O.HI/c1-12-8-15(11-25(12)16-5-6-16)24-20(22-3)23-10-19-13(2)17-9-14(21)4-7-18(17)26-19;/h4,7,9,12,15-16H,5-6,8,10-11H2,1-3H3,(H2,22,23,24);1H. The highest BCUT2D eigenvalue weighted by atomic mass is 127. The second kappa shape index (κ2) is 8.34. The van der Waals surface area contributed by atoms with E-state index in [0.717, 1.165) is 41.7 Å². The maximum absolute atomic E-state index is 13.5. The van der Waals surface area contributed by atoms with E-state index < -0.39 is 0 Å². The van der Waals surface area contributed by atoms with E-state index in [1.54, 1.807) is 13.1 Å². The number of fused-ring (bicyclic) bond motifs is 1. The topological polar surface area (TPSA) is 52.8 Å². The molecule has 0 amide bonds. The number of likely N-dealkylation sites (tertiary alicyclic amines) is 1. The van der Waals surface area contributed by atoms with Crippen molar-refractivity contribution in [3.8, 4) is 0 Å². The summed E-state index contributed by atoms with van der Waals surface area (Å²) in [6, 6.07) is 6.48. The molecule has 2 unspecified atom stereocenters. The number of aryl methyl sites for hydroxylation is 1. The molecule has 2 atom stereocenters. The SMILES string of the molecule is CN=C(NCc1oc2ccc(F)cc2c1C)NC1CC(C)N(C2CC2)C1.I. The Morgan fingerprint density at radius 3 is 2.85 bits per heavy atom. The summed E-state index contributed by atoms with van der Waals surface area (Å²) < 4.78 is 19.3. The van der Waals surface area contributed by atoms with Crippen LogP contribution < -0.4 is 10.6 Å². The van der Waals surface area contributed by atoms with Gasteiger partial charge >= 0.3 is 0 Å². The van der Waals surface area contributed by atoms with Crippen LogP contribution in [-0.4, -0.2) is 42.6 Å². The second-order valence-electron chi connectivity index (χ2n) is 7.57. The lowest BCUT2D eigenvalue weighted by Crippen LogP contribution is -2.44. The number of halogens is 2. The van der Waals surface area contributed by atoms with Gasteiger partial charge in [-0.05, 0) is 51.3 Å². The van der Waals surface area contributed by atoms with E-state index in [-0.39, 0.29) is 29.8 Å². The summed E-state index contributed by atoms with van der Waals surface area (Å²) in [5.41, 5.74) is 1.69. The highest BCUT2D eigenvalue weighted by Gasteiger charge is 2.38. The van der Waals surface area contributed by atoms with Crippen LogP contribution in [0.15, 0.2) is 27.6 Å². The summed E-state index contributed by atoms with van der Waals surface area (Å²) in [4.78, 5) is 6.96. The lowest BCUT2D eigenvalue weighted by molar-refractivity contribution is 0.256. The third-order valence-electron chi connectivity index (χ3n) is 5.62. The molecule has 7 heteroatoms. The van der Waals surface area contributed by atoms with Crippen LogP contribution in [0, 0.1) is 12.7 Å². The highest BCUT2D eigenvalue weighted by molar-refractivity contribution is 14.0. The number of hydrogen-bond acceptors (Lipinski definition) is 3. The van der Waals surface area contributed by atoms with Crippen molar-refractivity contribution in [1.82, 2.24) is 15.5 Å². The average Bonchev–Trinajstić information content (AvgIpc) is 3.34. The van der Waals surface area contributed by atoms with Crippen LogP contribution >= 0.6 is 24.0 Å². The van der Waals surface area contributed by atoms with Gasteiger partial charge in [0.15, 0.2) is 5.96 Å². The van der Waals surface area contributed by atoms with E-state index >= 15 is 0 Å². The van der Waals surface area contributed by atoms with Crippen LogP contribution in [0.5, 0.6) is 0 Å². The first-order chi connectivity index (χ1) is 12.5. The Morgan fingerprint density at radius 2 is 2.15 bits per heavy atom. The summed E-state index contributed by atoms with van der Waals surface area (Å²) in [5.74, 6) is 1.35. The molecule has 1 aliphatic heterocycles. The Balaban J connectivity index is 0.00000210. The quantitative estimate of drug-likeness (QED) is 0.393. The first kappa shape index (κ1) is 20.4.